The van der Waals surface area contributed by atoms with Gasteiger partial charge in [-0.25, -0.2) is 0 Å². The van der Waals surface area contributed by atoms with Crippen LogP contribution in [0.1, 0.15) is 24.2 Å². The van der Waals surface area contributed by atoms with Crippen LogP contribution in [0.4, 0.5) is 8.78 Å². The predicted molar refractivity (Wildman–Crippen MR) is 76.0 cm³/mol. The fraction of sp³-hybridized carbons (Fsp3) is 0.400. The van der Waals surface area contributed by atoms with Gasteiger partial charge in [0.15, 0.2) is 11.5 Å². The molecule has 0 spiro atoms. The first-order valence-corrected chi connectivity index (χ1v) is 6.46. The summed E-state index contributed by atoms with van der Waals surface area (Å²) >= 11 is 0. The number of likely N-dealkylation sites (N-methyl/N-ethyl adjacent to an activating group) is 1. The molecule has 0 saturated carbocycles. The Balaban J connectivity index is 3.20. The van der Waals surface area contributed by atoms with Crippen molar-refractivity contribution in [2.75, 3.05) is 20.2 Å². The number of hydrogen-bond acceptors (Lipinski definition) is 3. The van der Waals surface area contributed by atoms with Crippen LogP contribution in [-0.4, -0.2) is 37.6 Å². The van der Waals surface area contributed by atoms with Crippen LogP contribution < -0.4 is 9.47 Å². The number of ether oxygens (including phenoxy) is 2. The number of carbonyl (C=O) groups is 1. The van der Waals surface area contributed by atoms with Gasteiger partial charge in [0.2, 0.25) is 0 Å². The van der Waals surface area contributed by atoms with E-state index in [0.29, 0.717) is 13.1 Å². The molecule has 0 radical (unpaired) electrons. The third kappa shape index (κ3) is 4.44. The average molecular weight is 299 g/mol. The molecule has 4 nitrogen and oxygen atoms in total. The maximum Gasteiger partial charge on any atom is 0.387 e. The van der Waals surface area contributed by atoms with Crippen molar-refractivity contribution in [2.45, 2.75) is 20.5 Å². The molecule has 0 fully saturated rings. The second kappa shape index (κ2) is 7.61. The van der Waals surface area contributed by atoms with Crippen LogP contribution in [0, 0.1) is 0 Å². The molecule has 21 heavy (non-hydrogen) atoms. The summed E-state index contributed by atoms with van der Waals surface area (Å²) in [5.74, 6) is -0.567. The van der Waals surface area contributed by atoms with E-state index in [1.807, 2.05) is 0 Å². The summed E-state index contributed by atoms with van der Waals surface area (Å²) in [6.45, 7) is 5.08. The van der Waals surface area contributed by atoms with Crippen molar-refractivity contribution < 1.29 is 23.0 Å². The Bertz CT molecular complexity index is 518. The molecule has 0 aliphatic rings. The predicted octanol–water partition coefficient (Wildman–Crippen LogP) is 3.33. The van der Waals surface area contributed by atoms with E-state index >= 15 is 0 Å². The lowest BCUT2D eigenvalue weighted by Crippen LogP contribution is -2.32. The van der Waals surface area contributed by atoms with E-state index in [1.54, 1.807) is 19.9 Å². The molecule has 1 rings (SSSR count). The lowest BCUT2D eigenvalue weighted by atomic mass is 10.1. The van der Waals surface area contributed by atoms with E-state index < -0.39 is 12.5 Å². The zero-order chi connectivity index (χ0) is 16.0. The topological polar surface area (TPSA) is 38.8 Å². The summed E-state index contributed by atoms with van der Waals surface area (Å²) in [6, 6.07) is 4.45. The minimum atomic E-state index is -3.04. The molecule has 0 bridgehead atoms. The number of nitrogens with zero attached hydrogens (tertiary/aromatic N) is 1. The molecule has 1 aromatic carbocycles. The van der Waals surface area contributed by atoms with Gasteiger partial charge in [-0.2, -0.15) is 8.78 Å². The maximum atomic E-state index is 12.6. The molecular formula is C15H19F2NO3. The fourth-order valence-electron chi connectivity index (χ4n) is 1.88. The molecule has 1 amide bonds. The van der Waals surface area contributed by atoms with E-state index in [0.717, 1.165) is 5.57 Å². The summed E-state index contributed by atoms with van der Waals surface area (Å²) in [7, 11) is 1.33. The molecule has 1 aromatic rings. The van der Waals surface area contributed by atoms with Crippen LogP contribution in [0.15, 0.2) is 30.4 Å². The standard InChI is InChI=1S/C15H19F2NO3/c1-5-18(9-10(2)3)14(19)11-7-6-8-12(20-4)13(11)21-15(16)17/h6-8,15H,2,5,9H2,1,3-4H3. The van der Waals surface area contributed by atoms with Gasteiger partial charge in [-0.3, -0.25) is 4.79 Å². The quantitative estimate of drug-likeness (QED) is 0.725. The second-order valence-electron chi connectivity index (χ2n) is 4.49. The Kier molecular flexibility index (Phi) is 6.14. The Labute approximate surface area is 123 Å². The van der Waals surface area contributed by atoms with Gasteiger partial charge >= 0.3 is 6.61 Å². The Hall–Kier alpha value is -2.11. The third-order valence-corrected chi connectivity index (χ3v) is 2.77. The van der Waals surface area contributed by atoms with Crippen LogP contribution in [0.5, 0.6) is 11.5 Å². The first-order chi connectivity index (χ1) is 9.90. The first kappa shape index (κ1) is 16.9. The van der Waals surface area contributed by atoms with Crippen molar-refractivity contribution in [3.05, 3.63) is 35.9 Å². The Morgan fingerprint density at radius 2 is 2.10 bits per heavy atom. The highest BCUT2D eigenvalue weighted by molar-refractivity contribution is 5.98. The van der Waals surface area contributed by atoms with Crippen LogP contribution in [0.25, 0.3) is 0 Å². The number of carbonyl (C=O) groups excluding carboxylic acids is 1. The zero-order valence-corrected chi connectivity index (χ0v) is 12.4. The van der Waals surface area contributed by atoms with Crippen LogP contribution in [-0.2, 0) is 0 Å². The molecule has 0 aliphatic carbocycles. The highest BCUT2D eigenvalue weighted by Crippen LogP contribution is 2.33. The molecule has 0 N–H and O–H groups in total. The van der Waals surface area contributed by atoms with E-state index in [2.05, 4.69) is 11.3 Å². The van der Waals surface area contributed by atoms with Gasteiger partial charge in [0.1, 0.15) is 0 Å². The van der Waals surface area contributed by atoms with Crippen LogP contribution >= 0.6 is 0 Å². The van der Waals surface area contributed by atoms with Crippen molar-refractivity contribution in [1.29, 1.82) is 0 Å². The maximum absolute atomic E-state index is 12.6. The van der Waals surface area contributed by atoms with Gasteiger partial charge < -0.3 is 14.4 Å². The highest BCUT2D eigenvalue weighted by Gasteiger charge is 2.23. The molecule has 0 aliphatic heterocycles. The lowest BCUT2D eigenvalue weighted by molar-refractivity contribution is -0.0516. The van der Waals surface area contributed by atoms with Gasteiger partial charge in [0.25, 0.3) is 5.91 Å². The SMILES string of the molecule is C=C(C)CN(CC)C(=O)c1cccc(OC)c1OC(F)F. The zero-order valence-electron chi connectivity index (χ0n) is 12.4. The van der Waals surface area contributed by atoms with E-state index in [9.17, 15) is 13.6 Å². The third-order valence-electron chi connectivity index (χ3n) is 2.77. The first-order valence-electron chi connectivity index (χ1n) is 6.46. The van der Waals surface area contributed by atoms with Gasteiger partial charge in [-0.05, 0) is 26.0 Å². The molecule has 116 valence electrons. The Morgan fingerprint density at radius 1 is 1.43 bits per heavy atom. The van der Waals surface area contributed by atoms with E-state index in [4.69, 9.17) is 4.74 Å². The smallest absolute Gasteiger partial charge is 0.387 e. The number of benzene rings is 1. The highest BCUT2D eigenvalue weighted by atomic mass is 19.3. The normalized spacial score (nSPS) is 10.4. The summed E-state index contributed by atoms with van der Waals surface area (Å²) in [4.78, 5) is 14.0. The van der Waals surface area contributed by atoms with Gasteiger partial charge in [-0.15, -0.1) is 0 Å². The number of amides is 1. The number of rotatable bonds is 7. The number of para-hydroxylation sites is 1. The summed E-state index contributed by atoms with van der Waals surface area (Å²) < 4.78 is 34.6. The molecule has 0 unspecified atom stereocenters. The van der Waals surface area contributed by atoms with Crippen molar-refractivity contribution in [3.63, 3.8) is 0 Å². The van der Waals surface area contributed by atoms with Gasteiger partial charge in [0, 0.05) is 13.1 Å². The van der Waals surface area contributed by atoms with E-state index in [-0.39, 0.29) is 17.1 Å². The van der Waals surface area contributed by atoms with Gasteiger partial charge in [-0.1, -0.05) is 18.2 Å². The molecule has 6 heteroatoms. The molecule has 0 atom stereocenters. The lowest BCUT2D eigenvalue weighted by Gasteiger charge is -2.23. The van der Waals surface area contributed by atoms with Crippen molar-refractivity contribution >= 4 is 5.91 Å². The molecule has 0 heterocycles. The molecule has 0 aromatic heterocycles. The Morgan fingerprint density at radius 3 is 2.57 bits per heavy atom. The van der Waals surface area contributed by atoms with Crippen molar-refractivity contribution in [2.24, 2.45) is 0 Å². The average Bonchev–Trinajstić information content (AvgIpc) is 2.43. The number of hydrogen-bond donors (Lipinski definition) is 0. The summed E-state index contributed by atoms with van der Waals surface area (Å²) in [5.41, 5.74) is 0.835. The van der Waals surface area contributed by atoms with Gasteiger partial charge in [0.05, 0.1) is 12.7 Å². The number of alkyl halides is 2. The van der Waals surface area contributed by atoms with Crippen molar-refractivity contribution in [1.82, 2.24) is 4.90 Å². The minimum Gasteiger partial charge on any atom is -0.493 e. The molecular weight excluding hydrogens is 280 g/mol. The van der Waals surface area contributed by atoms with Crippen LogP contribution in [0.3, 0.4) is 0 Å². The largest absolute Gasteiger partial charge is 0.493 e. The monoisotopic (exact) mass is 299 g/mol. The fourth-order valence-corrected chi connectivity index (χ4v) is 1.88. The second-order valence-corrected chi connectivity index (χ2v) is 4.49. The number of methoxy groups -OCH3 is 1. The summed E-state index contributed by atoms with van der Waals surface area (Å²) in [5, 5.41) is 0. The van der Waals surface area contributed by atoms with E-state index in [1.165, 1.54) is 24.1 Å². The van der Waals surface area contributed by atoms with Crippen LogP contribution in [0.2, 0.25) is 0 Å². The molecule has 0 saturated heterocycles. The summed E-state index contributed by atoms with van der Waals surface area (Å²) in [6.07, 6.45) is 0. The number of halogens is 2. The minimum absolute atomic E-state index is 0.0396. The van der Waals surface area contributed by atoms with Crippen molar-refractivity contribution in [3.8, 4) is 11.5 Å².